The van der Waals surface area contributed by atoms with E-state index in [2.05, 4.69) is 92.9 Å². The van der Waals surface area contributed by atoms with Gasteiger partial charge in [0.2, 0.25) is 0 Å². The zero-order chi connectivity index (χ0) is 20.8. The third-order valence-electron chi connectivity index (χ3n) is 3.99. The molecule has 0 fully saturated rings. The van der Waals surface area contributed by atoms with E-state index >= 15 is 0 Å². The van der Waals surface area contributed by atoms with Gasteiger partial charge in [-0.05, 0) is 47.6 Å². The summed E-state index contributed by atoms with van der Waals surface area (Å²) in [6, 6.07) is 0. The molecule has 0 aromatic rings. The summed E-state index contributed by atoms with van der Waals surface area (Å²) in [4.78, 5) is 5.38. The summed E-state index contributed by atoms with van der Waals surface area (Å²) in [6.07, 6.45) is 2.61. The lowest BCUT2D eigenvalue weighted by Gasteiger charge is -2.36. The maximum atomic E-state index is 2.69. The third-order valence-corrected chi connectivity index (χ3v) is 3.99. The molecule has 26 heavy (non-hydrogen) atoms. The molecule has 0 atom stereocenters. The fourth-order valence-electron chi connectivity index (χ4n) is 3.78. The van der Waals surface area contributed by atoms with Crippen molar-refractivity contribution in [1.82, 2.24) is 9.80 Å². The van der Waals surface area contributed by atoms with Gasteiger partial charge in [0.15, 0.2) is 0 Å². The van der Waals surface area contributed by atoms with Crippen LogP contribution in [0.3, 0.4) is 0 Å². The molecule has 0 saturated carbocycles. The SMILES string of the molecule is CC(C)(C)CN(CCCCN(CC(C)(C)C)CC(C)(C)C)CC(C)(C)C. The van der Waals surface area contributed by atoms with Crippen molar-refractivity contribution >= 4 is 0 Å². The van der Waals surface area contributed by atoms with Crippen LogP contribution in [0.15, 0.2) is 0 Å². The second-order valence-corrected chi connectivity index (χ2v) is 13.4. The van der Waals surface area contributed by atoms with Crippen LogP contribution in [0, 0.1) is 21.7 Å². The van der Waals surface area contributed by atoms with Gasteiger partial charge in [-0.25, -0.2) is 0 Å². The summed E-state index contributed by atoms with van der Waals surface area (Å²) in [5, 5.41) is 0. The molecule has 0 radical (unpaired) electrons. The standard InChI is InChI=1S/C24H52N2/c1-21(2,3)17-25(18-22(4,5)6)15-13-14-16-26(19-23(7,8)9)20-24(10,11)12/h13-20H2,1-12H3. The molecule has 0 aliphatic rings. The van der Waals surface area contributed by atoms with E-state index < -0.39 is 0 Å². The second kappa shape index (κ2) is 9.92. The molecule has 0 aliphatic carbocycles. The Balaban J connectivity index is 4.59. The van der Waals surface area contributed by atoms with Crippen LogP contribution in [0.5, 0.6) is 0 Å². The molecule has 0 spiro atoms. The molecule has 0 rings (SSSR count). The Morgan fingerprint density at radius 1 is 0.385 bits per heavy atom. The maximum Gasteiger partial charge on any atom is 0.00303 e. The second-order valence-electron chi connectivity index (χ2n) is 13.4. The van der Waals surface area contributed by atoms with Crippen LogP contribution in [-0.2, 0) is 0 Å². The normalized spacial score (nSPS) is 14.5. The molecule has 0 heterocycles. The molecule has 0 N–H and O–H groups in total. The Morgan fingerprint density at radius 3 is 0.731 bits per heavy atom. The number of unbranched alkanes of at least 4 members (excludes halogenated alkanes) is 1. The van der Waals surface area contributed by atoms with Crippen LogP contribution in [0.1, 0.15) is 95.9 Å². The Kier molecular flexibility index (Phi) is 9.89. The van der Waals surface area contributed by atoms with Crippen molar-refractivity contribution in [1.29, 1.82) is 0 Å². The molecule has 0 aromatic carbocycles. The van der Waals surface area contributed by atoms with Crippen molar-refractivity contribution < 1.29 is 0 Å². The summed E-state index contributed by atoms with van der Waals surface area (Å²) >= 11 is 0. The van der Waals surface area contributed by atoms with Gasteiger partial charge in [0.1, 0.15) is 0 Å². The minimum atomic E-state index is 0.371. The van der Waals surface area contributed by atoms with E-state index in [1.165, 1.54) is 52.1 Å². The molecule has 0 amide bonds. The monoisotopic (exact) mass is 368 g/mol. The summed E-state index contributed by atoms with van der Waals surface area (Å²) in [5.41, 5.74) is 1.48. The predicted molar refractivity (Wildman–Crippen MR) is 120 cm³/mol. The zero-order valence-electron chi connectivity index (χ0n) is 20.6. The van der Waals surface area contributed by atoms with E-state index in [0.29, 0.717) is 21.7 Å². The quantitative estimate of drug-likeness (QED) is 0.425. The molecule has 0 unspecified atom stereocenters. The van der Waals surface area contributed by atoms with Crippen molar-refractivity contribution in [3.63, 3.8) is 0 Å². The van der Waals surface area contributed by atoms with Gasteiger partial charge in [0, 0.05) is 26.2 Å². The molecule has 2 heteroatoms. The van der Waals surface area contributed by atoms with Gasteiger partial charge in [-0.1, -0.05) is 83.1 Å². The first-order valence-corrected chi connectivity index (χ1v) is 10.8. The maximum absolute atomic E-state index is 2.69. The first-order valence-electron chi connectivity index (χ1n) is 10.8. The average molecular weight is 369 g/mol. The lowest BCUT2D eigenvalue weighted by molar-refractivity contribution is 0.124. The Morgan fingerprint density at radius 2 is 0.577 bits per heavy atom. The van der Waals surface area contributed by atoms with Gasteiger partial charge >= 0.3 is 0 Å². The fourth-order valence-corrected chi connectivity index (χ4v) is 3.78. The van der Waals surface area contributed by atoms with Crippen molar-refractivity contribution in [2.75, 3.05) is 39.3 Å². The first kappa shape index (κ1) is 25.9. The van der Waals surface area contributed by atoms with Crippen molar-refractivity contribution in [2.45, 2.75) is 95.9 Å². The van der Waals surface area contributed by atoms with E-state index in [9.17, 15) is 0 Å². The van der Waals surface area contributed by atoms with Gasteiger partial charge < -0.3 is 9.80 Å². The highest BCUT2D eigenvalue weighted by Gasteiger charge is 2.23. The van der Waals surface area contributed by atoms with E-state index in [-0.39, 0.29) is 0 Å². The van der Waals surface area contributed by atoms with Crippen LogP contribution >= 0.6 is 0 Å². The van der Waals surface area contributed by atoms with E-state index in [1.807, 2.05) is 0 Å². The topological polar surface area (TPSA) is 6.48 Å². The number of hydrogen-bond donors (Lipinski definition) is 0. The van der Waals surface area contributed by atoms with E-state index in [4.69, 9.17) is 0 Å². The van der Waals surface area contributed by atoms with Crippen molar-refractivity contribution in [3.8, 4) is 0 Å². The van der Waals surface area contributed by atoms with Crippen LogP contribution in [0.2, 0.25) is 0 Å². The Bertz CT molecular complexity index is 301. The van der Waals surface area contributed by atoms with Crippen molar-refractivity contribution in [3.05, 3.63) is 0 Å². The third kappa shape index (κ3) is 17.3. The molecule has 2 nitrogen and oxygen atoms in total. The average Bonchev–Trinajstić information content (AvgIpc) is 2.25. The molecule has 0 bridgehead atoms. The minimum Gasteiger partial charge on any atom is -0.302 e. The lowest BCUT2D eigenvalue weighted by atomic mass is 9.91. The smallest absolute Gasteiger partial charge is 0.00303 e. The van der Waals surface area contributed by atoms with Crippen LogP contribution in [-0.4, -0.2) is 49.1 Å². The molecular formula is C24H52N2. The number of rotatable bonds is 9. The molecule has 158 valence electrons. The highest BCUT2D eigenvalue weighted by molar-refractivity contribution is 4.77. The van der Waals surface area contributed by atoms with Crippen LogP contribution in [0.4, 0.5) is 0 Å². The van der Waals surface area contributed by atoms with Crippen LogP contribution in [0.25, 0.3) is 0 Å². The van der Waals surface area contributed by atoms with E-state index in [1.54, 1.807) is 0 Å². The van der Waals surface area contributed by atoms with Gasteiger partial charge in [-0.15, -0.1) is 0 Å². The zero-order valence-corrected chi connectivity index (χ0v) is 20.6. The van der Waals surface area contributed by atoms with E-state index in [0.717, 1.165) is 0 Å². The molecular weight excluding hydrogens is 316 g/mol. The molecule has 0 aliphatic heterocycles. The summed E-state index contributed by atoms with van der Waals surface area (Å²) < 4.78 is 0. The first-order chi connectivity index (χ1) is 11.4. The lowest BCUT2D eigenvalue weighted by Crippen LogP contribution is -2.40. The van der Waals surface area contributed by atoms with Crippen LogP contribution < -0.4 is 0 Å². The Hall–Kier alpha value is -0.0800. The fraction of sp³-hybridized carbons (Fsp3) is 1.00. The largest absolute Gasteiger partial charge is 0.302 e. The number of nitrogens with zero attached hydrogens (tertiary/aromatic N) is 2. The van der Waals surface area contributed by atoms with Gasteiger partial charge in [0.05, 0.1) is 0 Å². The summed E-state index contributed by atoms with van der Waals surface area (Å²) in [6.45, 7) is 35.5. The van der Waals surface area contributed by atoms with Gasteiger partial charge in [-0.2, -0.15) is 0 Å². The predicted octanol–water partition coefficient (Wildman–Crippen LogP) is 6.56. The highest BCUT2D eigenvalue weighted by atomic mass is 15.1. The number of hydrogen-bond acceptors (Lipinski definition) is 2. The molecule has 0 saturated heterocycles. The van der Waals surface area contributed by atoms with Gasteiger partial charge in [0.25, 0.3) is 0 Å². The van der Waals surface area contributed by atoms with Crippen molar-refractivity contribution in [2.24, 2.45) is 21.7 Å². The Labute approximate surface area is 167 Å². The molecule has 0 aromatic heterocycles. The highest BCUT2D eigenvalue weighted by Crippen LogP contribution is 2.23. The van der Waals surface area contributed by atoms with Gasteiger partial charge in [-0.3, -0.25) is 0 Å². The minimum absolute atomic E-state index is 0.371. The summed E-state index contributed by atoms with van der Waals surface area (Å²) in [7, 11) is 0. The summed E-state index contributed by atoms with van der Waals surface area (Å²) in [5.74, 6) is 0.